The van der Waals surface area contributed by atoms with Gasteiger partial charge in [0.1, 0.15) is 5.60 Å². The number of aryl methyl sites for hydroxylation is 3. The maximum atomic E-state index is 12.5. The Hall–Kier alpha value is -4.24. The fraction of sp³-hybridized carbons (Fsp3) is 0.294. The van der Waals surface area contributed by atoms with Gasteiger partial charge in [-0.2, -0.15) is 0 Å². The van der Waals surface area contributed by atoms with Gasteiger partial charge in [-0.25, -0.2) is 4.98 Å². The molecule has 2 atom stereocenters. The number of ether oxygens (including phenoxy) is 1. The van der Waals surface area contributed by atoms with E-state index in [9.17, 15) is 19.8 Å². The molecule has 9 nitrogen and oxygen atoms in total. The van der Waals surface area contributed by atoms with Crippen LogP contribution in [0.3, 0.4) is 0 Å². The Morgan fingerprint density at radius 2 is 1.66 bits per heavy atom. The van der Waals surface area contributed by atoms with Crippen LogP contribution in [-0.4, -0.2) is 27.0 Å². The second-order valence-electron chi connectivity index (χ2n) is 11.4. The van der Waals surface area contributed by atoms with E-state index < -0.39 is 23.1 Å². The molecule has 0 saturated carbocycles. The van der Waals surface area contributed by atoms with Crippen molar-refractivity contribution in [2.45, 2.75) is 64.6 Å². The van der Waals surface area contributed by atoms with E-state index in [0.717, 1.165) is 27.8 Å². The SMILES string of the molecule is C=CC1=C(C)c2cc3[n-]c(cc4nc(cc5[n-]c(cc1n2)c(C)c5C=C)[C@](C)(O)[C@]41CCC(=O)O1)c(CCC(=O)[O-])c3C.[Fe]. The number of rotatable bonds is 5. The van der Waals surface area contributed by atoms with Crippen LogP contribution < -0.4 is 15.1 Å². The van der Waals surface area contributed by atoms with Gasteiger partial charge in [0, 0.05) is 41.5 Å². The molecule has 44 heavy (non-hydrogen) atoms. The maximum Gasteiger partial charge on any atom is 0.307 e. The van der Waals surface area contributed by atoms with Gasteiger partial charge in [0.2, 0.25) is 0 Å². The number of aromatic nitrogens is 4. The molecule has 1 saturated heterocycles. The minimum Gasteiger partial charge on any atom is -0.657 e. The van der Waals surface area contributed by atoms with Crippen LogP contribution in [0, 0.1) is 13.8 Å². The molecule has 0 aromatic carbocycles. The zero-order chi connectivity index (χ0) is 30.8. The van der Waals surface area contributed by atoms with Crippen molar-refractivity contribution >= 4 is 51.2 Å². The minimum atomic E-state index is -1.69. The van der Waals surface area contributed by atoms with Crippen LogP contribution in [0.25, 0.3) is 39.3 Å². The van der Waals surface area contributed by atoms with Crippen molar-refractivity contribution in [3.05, 3.63) is 88.5 Å². The number of allylic oxidation sites excluding steroid dienone is 3. The first kappa shape index (κ1) is 31.2. The van der Waals surface area contributed by atoms with Crippen LogP contribution in [0.5, 0.6) is 0 Å². The second-order valence-corrected chi connectivity index (χ2v) is 11.4. The number of esters is 1. The van der Waals surface area contributed by atoms with Crippen molar-refractivity contribution in [1.82, 2.24) is 19.9 Å². The van der Waals surface area contributed by atoms with Gasteiger partial charge in [-0.05, 0) is 51.7 Å². The number of carboxylic acids is 1. The van der Waals surface area contributed by atoms with E-state index in [2.05, 4.69) is 13.2 Å². The van der Waals surface area contributed by atoms with Crippen molar-refractivity contribution in [2.75, 3.05) is 0 Å². The number of aliphatic hydroxyl groups is 1. The Labute approximate surface area is 265 Å². The molecule has 10 heteroatoms. The third-order valence-electron chi connectivity index (χ3n) is 8.99. The average molecular weight is 631 g/mol. The maximum absolute atomic E-state index is 12.5. The molecule has 1 fully saturated rings. The fourth-order valence-corrected chi connectivity index (χ4v) is 6.38. The number of carbonyl (C=O) groups excluding carboxylic acids is 2. The molecule has 228 valence electrons. The van der Waals surface area contributed by atoms with Gasteiger partial charge in [-0.3, -0.25) is 9.78 Å². The summed E-state index contributed by atoms with van der Waals surface area (Å²) in [5.41, 5.74) is 6.13. The Morgan fingerprint density at radius 1 is 1.00 bits per heavy atom. The number of carboxylic acid groups (broad SMARTS) is 1. The number of hydrogen-bond acceptors (Lipinski definition) is 7. The quantitative estimate of drug-likeness (QED) is 0.326. The third-order valence-corrected chi connectivity index (χ3v) is 8.99. The summed E-state index contributed by atoms with van der Waals surface area (Å²) in [5, 5.41) is 23.5. The van der Waals surface area contributed by atoms with Gasteiger partial charge in [0.25, 0.3) is 0 Å². The van der Waals surface area contributed by atoms with E-state index in [-0.39, 0.29) is 48.4 Å². The zero-order valence-electron chi connectivity index (χ0n) is 24.9. The summed E-state index contributed by atoms with van der Waals surface area (Å²) in [6.45, 7) is 15.4. The molecule has 6 heterocycles. The molecular formula is C34H31FeN4O5-3. The van der Waals surface area contributed by atoms with Crippen LogP contribution in [0.4, 0.5) is 0 Å². The number of fused-ring (bicyclic) bond motifs is 9. The van der Waals surface area contributed by atoms with Crippen LogP contribution >= 0.6 is 0 Å². The summed E-state index contributed by atoms with van der Waals surface area (Å²) in [6, 6.07) is 7.16. The molecule has 1 spiro atoms. The molecule has 3 aromatic heterocycles. The predicted molar refractivity (Wildman–Crippen MR) is 161 cm³/mol. The summed E-state index contributed by atoms with van der Waals surface area (Å²) < 4.78 is 5.88. The number of hydrogen-bond donors (Lipinski definition) is 1. The predicted octanol–water partition coefficient (Wildman–Crippen LogP) is 4.07. The molecule has 1 N–H and O–H groups in total. The van der Waals surface area contributed by atoms with Crippen LogP contribution in [0.2, 0.25) is 0 Å². The largest absolute Gasteiger partial charge is 0.657 e. The van der Waals surface area contributed by atoms with Crippen molar-refractivity contribution in [2.24, 2.45) is 0 Å². The summed E-state index contributed by atoms with van der Waals surface area (Å²) in [6.07, 6.45) is 3.77. The van der Waals surface area contributed by atoms with Crippen molar-refractivity contribution in [1.29, 1.82) is 0 Å². The Morgan fingerprint density at radius 3 is 2.30 bits per heavy atom. The van der Waals surface area contributed by atoms with Gasteiger partial charge in [-0.15, -0.1) is 22.1 Å². The molecule has 6 rings (SSSR count). The Bertz CT molecular complexity index is 1970. The van der Waals surface area contributed by atoms with E-state index >= 15 is 0 Å². The van der Waals surface area contributed by atoms with Gasteiger partial charge >= 0.3 is 5.97 Å². The summed E-state index contributed by atoms with van der Waals surface area (Å²) in [4.78, 5) is 43.5. The van der Waals surface area contributed by atoms with Gasteiger partial charge in [0.15, 0.2) is 5.60 Å². The summed E-state index contributed by atoms with van der Waals surface area (Å²) in [7, 11) is 0. The minimum absolute atomic E-state index is 0. The number of aliphatic carboxylic acids is 1. The van der Waals surface area contributed by atoms with E-state index in [1.54, 1.807) is 31.2 Å². The van der Waals surface area contributed by atoms with Crippen LogP contribution in [-0.2, 0) is 49.0 Å². The first-order valence-electron chi connectivity index (χ1n) is 14.2. The first-order chi connectivity index (χ1) is 20.4. The molecule has 0 unspecified atom stereocenters. The first-order valence-corrected chi connectivity index (χ1v) is 14.2. The molecule has 8 bridgehead atoms. The third kappa shape index (κ3) is 4.65. The Kier molecular flexibility index (Phi) is 7.82. The van der Waals surface area contributed by atoms with Crippen molar-refractivity contribution in [3.63, 3.8) is 0 Å². The van der Waals surface area contributed by atoms with E-state index in [0.29, 0.717) is 44.7 Å². The van der Waals surface area contributed by atoms with E-state index in [4.69, 9.17) is 24.7 Å². The number of nitrogens with zero attached hydrogens (tertiary/aromatic N) is 4. The standard InChI is InChI=1S/C34H33N4O5.Fe/c1-7-20-17(3)23-13-24-19(5)22(9-10-31(39)40)28(37-24)16-30-34(12-11-32(41)43-34)33(6,42)29(38-30)15-27-21(8-2)18(4)25(36-27)14-26(20)35-23;/h7-8,13-16,42H,1-2,9-12H2,3-6H3,(H2-,35,36,37,38,39,40);/q-1;/p-2/t33-,34-;/m0./s1. The molecule has 0 aliphatic carbocycles. The monoisotopic (exact) mass is 631 g/mol. The van der Waals surface area contributed by atoms with Crippen LogP contribution in [0.15, 0.2) is 43.5 Å². The van der Waals surface area contributed by atoms with Crippen molar-refractivity contribution < 1.29 is 41.6 Å². The van der Waals surface area contributed by atoms with E-state index in [1.165, 1.54) is 0 Å². The number of carbonyl (C=O) groups is 2. The molecule has 3 aliphatic rings. The Balaban J connectivity index is 0.00000384. The second kappa shape index (κ2) is 11.0. The topological polar surface area (TPSA) is 141 Å². The van der Waals surface area contributed by atoms with Crippen LogP contribution in [0.1, 0.15) is 78.1 Å². The molecule has 3 aliphatic heterocycles. The van der Waals surface area contributed by atoms with Gasteiger partial charge in [-0.1, -0.05) is 66.3 Å². The van der Waals surface area contributed by atoms with Crippen molar-refractivity contribution in [3.8, 4) is 0 Å². The molecule has 3 aromatic rings. The molecular weight excluding hydrogens is 600 g/mol. The van der Waals surface area contributed by atoms with Gasteiger partial charge < -0.3 is 29.7 Å². The summed E-state index contributed by atoms with van der Waals surface area (Å²) in [5.74, 6) is -1.62. The molecule has 0 radical (unpaired) electrons. The normalized spacial score (nSPS) is 20.9. The zero-order valence-corrected chi connectivity index (χ0v) is 26.0. The molecule has 0 amide bonds. The average Bonchev–Trinajstić information content (AvgIpc) is 3.69. The fourth-order valence-electron chi connectivity index (χ4n) is 6.38. The smallest absolute Gasteiger partial charge is 0.307 e. The van der Waals surface area contributed by atoms with Gasteiger partial charge in [0.05, 0.1) is 22.8 Å². The van der Waals surface area contributed by atoms with E-state index in [1.807, 2.05) is 32.9 Å². The summed E-state index contributed by atoms with van der Waals surface area (Å²) >= 11 is 0.